The van der Waals surface area contributed by atoms with Crippen LogP contribution in [-0.2, 0) is 0 Å². The van der Waals surface area contributed by atoms with Gasteiger partial charge < -0.3 is 16.1 Å². The average Bonchev–Trinajstić information content (AvgIpc) is 2.57. The van der Waals surface area contributed by atoms with Crippen LogP contribution in [0.1, 0.15) is 32.1 Å². The minimum absolute atomic E-state index is 0. The van der Waals surface area contributed by atoms with Gasteiger partial charge in [-0.25, -0.2) is 0 Å². The summed E-state index contributed by atoms with van der Waals surface area (Å²) in [5.74, 6) is 0.884. The molecule has 1 aliphatic heterocycles. The van der Waals surface area contributed by atoms with Crippen LogP contribution in [0.4, 0.5) is 5.69 Å². The molecule has 4 N–H and O–H groups in total. The molecule has 1 saturated heterocycles. The molecule has 1 heterocycles. The van der Waals surface area contributed by atoms with Gasteiger partial charge in [0.1, 0.15) is 0 Å². The van der Waals surface area contributed by atoms with Crippen molar-refractivity contribution in [3.8, 4) is 0 Å². The van der Waals surface area contributed by atoms with Crippen LogP contribution in [0, 0.1) is 5.92 Å². The molecule has 152 valence electrons. The van der Waals surface area contributed by atoms with Crippen molar-refractivity contribution in [3.05, 3.63) is 28.2 Å². The lowest BCUT2D eigenvalue weighted by atomic mass is 9.84. The summed E-state index contributed by atoms with van der Waals surface area (Å²) in [6.07, 6.45) is 6.39. The summed E-state index contributed by atoms with van der Waals surface area (Å²) >= 11 is 12.5. The molecule has 26 heavy (non-hydrogen) atoms. The summed E-state index contributed by atoms with van der Waals surface area (Å²) in [7, 11) is 0. The Balaban J connectivity index is 0.00000208. The molecular weight excluding hydrogens is 416 g/mol. The highest BCUT2D eigenvalue weighted by molar-refractivity contribution is 6.43. The van der Waals surface area contributed by atoms with Gasteiger partial charge in [-0.3, -0.25) is 4.90 Å². The maximum absolute atomic E-state index is 6.34. The first-order valence-electron chi connectivity index (χ1n) is 8.80. The summed E-state index contributed by atoms with van der Waals surface area (Å²) < 4.78 is 0. The van der Waals surface area contributed by atoms with Crippen molar-refractivity contribution in [2.75, 3.05) is 37.6 Å². The summed E-state index contributed by atoms with van der Waals surface area (Å²) in [5.41, 5.74) is 7.06. The second-order valence-electron chi connectivity index (χ2n) is 6.97. The first-order valence-corrected chi connectivity index (χ1v) is 9.56. The maximum Gasteiger partial charge on any atom is 0.0825 e. The number of anilines is 1. The molecule has 0 spiro atoms. The fourth-order valence-electron chi connectivity index (χ4n) is 3.79. The van der Waals surface area contributed by atoms with E-state index in [-0.39, 0.29) is 30.3 Å². The zero-order chi connectivity index (χ0) is 16.2. The quantitative estimate of drug-likeness (QED) is 0.758. The molecule has 0 unspecified atom stereocenters. The molecule has 8 heteroatoms. The van der Waals surface area contributed by atoms with Gasteiger partial charge in [-0.05, 0) is 56.7 Å². The lowest BCUT2D eigenvalue weighted by Crippen LogP contribution is -2.47. The normalized spacial score (nSPS) is 23.4. The van der Waals surface area contributed by atoms with Crippen molar-refractivity contribution >= 4 is 53.7 Å². The Morgan fingerprint density at radius 1 is 0.962 bits per heavy atom. The van der Waals surface area contributed by atoms with E-state index in [1.165, 1.54) is 38.6 Å². The first kappa shape index (κ1) is 26.1. The summed E-state index contributed by atoms with van der Waals surface area (Å²) in [4.78, 5) is 4.94. The smallest absolute Gasteiger partial charge is 0.0825 e. The van der Waals surface area contributed by atoms with Crippen LogP contribution in [0.15, 0.2) is 18.2 Å². The predicted molar refractivity (Wildman–Crippen MR) is 118 cm³/mol. The Morgan fingerprint density at radius 3 is 2.19 bits per heavy atom. The van der Waals surface area contributed by atoms with Crippen molar-refractivity contribution in [2.45, 2.75) is 38.1 Å². The molecule has 1 aromatic rings. The Labute approximate surface area is 179 Å². The summed E-state index contributed by atoms with van der Waals surface area (Å²) in [6, 6.07) is 6.34. The molecule has 4 nitrogen and oxygen atoms in total. The van der Waals surface area contributed by atoms with E-state index in [0.29, 0.717) is 16.1 Å². The fourth-order valence-corrected chi connectivity index (χ4v) is 4.21. The topological polar surface area (TPSA) is 64.0 Å². The molecule has 1 aromatic carbocycles. The van der Waals surface area contributed by atoms with Crippen molar-refractivity contribution < 1.29 is 5.48 Å². The third kappa shape index (κ3) is 6.90. The molecule has 0 amide bonds. The van der Waals surface area contributed by atoms with Gasteiger partial charge in [0.15, 0.2) is 0 Å². The minimum Gasteiger partial charge on any atom is -0.412 e. The van der Waals surface area contributed by atoms with Crippen LogP contribution in [0.5, 0.6) is 0 Å². The summed E-state index contributed by atoms with van der Waals surface area (Å²) in [5, 5.41) is 1.32. The Bertz CT molecular complexity index is 519. The molecule has 0 radical (unpaired) electrons. The number of piperazine rings is 1. The lowest BCUT2D eigenvalue weighted by molar-refractivity contribution is 0.217. The lowest BCUT2D eigenvalue weighted by Gasteiger charge is -2.37. The highest BCUT2D eigenvalue weighted by Gasteiger charge is 2.22. The van der Waals surface area contributed by atoms with Gasteiger partial charge >= 0.3 is 0 Å². The van der Waals surface area contributed by atoms with E-state index in [1.54, 1.807) is 0 Å². The van der Waals surface area contributed by atoms with Crippen LogP contribution in [0.25, 0.3) is 0 Å². The molecule has 0 bridgehead atoms. The van der Waals surface area contributed by atoms with Gasteiger partial charge in [0, 0.05) is 32.2 Å². The van der Waals surface area contributed by atoms with Crippen molar-refractivity contribution in [3.63, 3.8) is 0 Å². The Morgan fingerprint density at radius 2 is 1.58 bits per heavy atom. The Hall–Kier alpha value is 0.0600. The monoisotopic (exact) mass is 445 g/mol. The van der Waals surface area contributed by atoms with Gasteiger partial charge in [0.05, 0.1) is 15.7 Å². The number of halogens is 4. The van der Waals surface area contributed by atoms with Gasteiger partial charge in [-0.1, -0.05) is 29.3 Å². The Kier molecular flexibility index (Phi) is 12.5. The van der Waals surface area contributed by atoms with Gasteiger partial charge in [0.25, 0.3) is 0 Å². The highest BCUT2D eigenvalue weighted by atomic mass is 35.5. The van der Waals surface area contributed by atoms with Crippen molar-refractivity contribution in [1.29, 1.82) is 0 Å². The second-order valence-corrected chi connectivity index (χ2v) is 7.76. The highest BCUT2D eigenvalue weighted by Crippen LogP contribution is 2.33. The van der Waals surface area contributed by atoms with E-state index in [0.717, 1.165) is 37.8 Å². The van der Waals surface area contributed by atoms with Crippen LogP contribution >= 0.6 is 48.0 Å². The third-order valence-electron chi connectivity index (χ3n) is 5.39. The SMILES string of the molecule is Cl.Cl.N[C@H]1CC[C@H](CCN2CCN(c3cccc(Cl)c3Cl)CC2)CC1.O. The zero-order valence-electron chi connectivity index (χ0n) is 15.0. The van der Waals surface area contributed by atoms with E-state index < -0.39 is 0 Å². The number of rotatable bonds is 4. The van der Waals surface area contributed by atoms with Crippen LogP contribution in [0.3, 0.4) is 0 Å². The molecule has 1 saturated carbocycles. The predicted octanol–water partition coefficient (Wildman–Crippen LogP) is 4.04. The van der Waals surface area contributed by atoms with E-state index >= 15 is 0 Å². The largest absolute Gasteiger partial charge is 0.412 e. The van der Waals surface area contributed by atoms with Gasteiger partial charge in [-0.2, -0.15) is 0 Å². The van der Waals surface area contributed by atoms with Crippen LogP contribution in [-0.4, -0.2) is 49.1 Å². The standard InChI is InChI=1S/C18H27Cl2N3.2ClH.H2O/c19-16-2-1-3-17(18(16)20)23-12-10-22(11-13-23)9-8-14-4-6-15(21)7-5-14;;;/h1-3,14-15H,4-13,21H2;2*1H;1H2/t14-,15-;;;. The van der Waals surface area contributed by atoms with E-state index in [9.17, 15) is 0 Å². The number of hydrogen-bond donors (Lipinski definition) is 1. The third-order valence-corrected chi connectivity index (χ3v) is 6.20. The van der Waals surface area contributed by atoms with E-state index in [4.69, 9.17) is 28.9 Å². The van der Waals surface area contributed by atoms with Crippen molar-refractivity contribution in [2.24, 2.45) is 11.7 Å². The second kappa shape index (κ2) is 12.5. The molecule has 2 fully saturated rings. The fraction of sp³-hybridized carbons (Fsp3) is 0.667. The van der Waals surface area contributed by atoms with Gasteiger partial charge in [0.2, 0.25) is 0 Å². The number of hydrogen-bond acceptors (Lipinski definition) is 3. The number of nitrogens with zero attached hydrogens (tertiary/aromatic N) is 2. The molecular formula is C18H31Cl4N3O. The molecule has 0 atom stereocenters. The minimum atomic E-state index is 0. The van der Waals surface area contributed by atoms with Crippen LogP contribution < -0.4 is 10.6 Å². The van der Waals surface area contributed by atoms with E-state index in [2.05, 4.69) is 15.9 Å². The molecule has 1 aliphatic carbocycles. The van der Waals surface area contributed by atoms with Crippen molar-refractivity contribution in [1.82, 2.24) is 4.90 Å². The first-order chi connectivity index (χ1) is 11.1. The molecule has 3 rings (SSSR count). The average molecular weight is 447 g/mol. The zero-order valence-corrected chi connectivity index (χ0v) is 18.1. The molecule has 2 aliphatic rings. The summed E-state index contributed by atoms with van der Waals surface area (Å²) in [6.45, 7) is 5.48. The maximum atomic E-state index is 6.34. The number of nitrogens with two attached hydrogens (primary N) is 1. The number of benzene rings is 1. The molecule has 0 aromatic heterocycles. The van der Waals surface area contributed by atoms with E-state index in [1.807, 2.05) is 12.1 Å². The van der Waals surface area contributed by atoms with Crippen LogP contribution in [0.2, 0.25) is 10.0 Å². The van der Waals surface area contributed by atoms with Gasteiger partial charge in [-0.15, -0.1) is 24.8 Å².